The number of nitrogens with one attached hydrogen (secondary N) is 1. The predicted octanol–water partition coefficient (Wildman–Crippen LogP) is 1.96. The molecule has 0 aromatic carbocycles. The quantitative estimate of drug-likeness (QED) is 0.826. The molecule has 3 unspecified atom stereocenters. The van der Waals surface area contributed by atoms with Crippen LogP contribution in [0.5, 0.6) is 0 Å². The maximum Gasteiger partial charge on any atom is 0.268 e. The van der Waals surface area contributed by atoms with Gasteiger partial charge >= 0.3 is 0 Å². The van der Waals surface area contributed by atoms with Crippen LogP contribution in [-0.4, -0.2) is 64.0 Å². The molecular weight excluding hydrogens is 378 g/mol. The van der Waals surface area contributed by atoms with Crippen molar-refractivity contribution in [3.8, 4) is 6.07 Å². The largest absolute Gasteiger partial charge is 0.337 e. The van der Waals surface area contributed by atoms with Crippen molar-refractivity contribution in [3.05, 3.63) is 18.5 Å². The van der Waals surface area contributed by atoms with E-state index in [4.69, 9.17) is 5.26 Å². The first kappa shape index (κ1) is 20.0. The highest BCUT2D eigenvalue weighted by Gasteiger charge is 2.49. The van der Waals surface area contributed by atoms with Gasteiger partial charge in [0, 0.05) is 36.9 Å². The van der Waals surface area contributed by atoms with E-state index < -0.39 is 30.8 Å². The Labute approximate surface area is 169 Å². The van der Waals surface area contributed by atoms with Crippen LogP contribution in [0.4, 0.5) is 14.7 Å². The normalized spacial score (nSPS) is 33.4. The average molecular weight is 404 g/mol. The fraction of sp³-hybridized carbons (Fsp3) is 0.700. The van der Waals surface area contributed by atoms with Gasteiger partial charge in [0.2, 0.25) is 11.9 Å². The lowest BCUT2D eigenvalue weighted by Crippen LogP contribution is -2.49. The van der Waals surface area contributed by atoms with Crippen LogP contribution in [0.2, 0.25) is 0 Å². The minimum atomic E-state index is -2.99. The first-order valence-electron chi connectivity index (χ1n) is 10.2. The van der Waals surface area contributed by atoms with Gasteiger partial charge < -0.3 is 15.1 Å². The molecule has 1 aromatic heterocycles. The molecule has 3 heterocycles. The molecule has 29 heavy (non-hydrogen) atoms. The van der Waals surface area contributed by atoms with E-state index in [0.717, 1.165) is 43.1 Å². The molecule has 1 N–H and O–H groups in total. The first-order chi connectivity index (χ1) is 13.8. The number of amides is 1. The fourth-order valence-electron chi connectivity index (χ4n) is 5.19. The van der Waals surface area contributed by atoms with Crippen LogP contribution in [0.3, 0.4) is 0 Å². The number of halogens is 2. The Hall–Kier alpha value is -2.34. The van der Waals surface area contributed by atoms with Crippen LogP contribution in [0.15, 0.2) is 18.5 Å². The molecule has 1 aromatic rings. The zero-order chi connectivity index (χ0) is 20.6. The van der Waals surface area contributed by atoms with Gasteiger partial charge in [-0.05, 0) is 44.6 Å². The number of carbonyl (C=O) groups excluding carboxylic acids is 1. The number of likely N-dealkylation sites (tertiary alicyclic amines) is 1. The minimum absolute atomic E-state index is 0.0357. The second-order valence-corrected chi connectivity index (χ2v) is 8.76. The number of carbonyl (C=O) groups is 1. The standard InChI is InChI=1S/C20H26F2N6O/c1-19(26-12-17(29)28-13-20(21,22)9-15(28)11-23)8-14-4-2-7-27(16(14)10-19)18-24-5-3-6-25-18/h3,5-6,14-16,26H,2,4,7-10,12-13H2,1H3/t14?,15-,16?,19?/m0/s1. The van der Waals surface area contributed by atoms with Gasteiger partial charge in [-0.2, -0.15) is 5.26 Å². The SMILES string of the molecule is CC1(NCC(=O)N2CC(F)(F)C[C@H]2C#N)CC2CCCN(c3ncccn3)C2C1. The van der Waals surface area contributed by atoms with Crippen LogP contribution >= 0.6 is 0 Å². The highest BCUT2D eigenvalue weighted by Crippen LogP contribution is 2.43. The smallest absolute Gasteiger partial charge is 0.268 e. The topological polar surface area (TPSA) is 85.2 Å². The lowest BCUT2D eigenvalue weighted by molar-refractivity contribution is -0.131. The Balaban J connectivity index is 1.40. The van der Waals surface area contributed by atoms with E-state index in [-0.39, 0.29) is 12.1 Å². The second kappa shape index (κ2) is 7.48. The molecule has 156 valence electrons. The molecular formula is C20H26F2N6O. The van der Waals surface area contributed by atoms with Gasteiger partial charge in [-0.1, -0.05) is 0 Å². The number of alkyl halides is 2. The summed E-state index contributed by atoms with van der Waals surface area (Å²) in [4.78, 5) is 24.6. The summed E-state index contributed by atoms with van der Waals surface area (Å²) in [6.07, 6.45) is 6.84. The maximum absolute atomic E-state index is 13.6. The van der Waals surface area contributed by atoms with E-state index >= 15 is 0 Å². The zero-order valence-corrected chi connectivity index (χ0v) is 16.5. The number of nitriles is 1. The molecule has 7 nitrogen and oxygen atoms in total. The van der Waals surface area contributed by atoms with Crippen LogP contribution in [-0.2, 0) is 4.79 Å². The summed E-state index contributed by atoms with van der Waals surface area (Å²) in [5.74, 6) is -2.21. The molecule has 1 saturated carbocycles. The van der Waals surface area contributed by atoms with Gasteiger partial charge in [0.15, 0.2) is 0 Å². The lowest BCUT2D eigenvalue weighted by Gasteiger charge is -2.37. The van der Waals surface area contributed by atoms with E-state index in [1.54, 1.807) is 18.5 Å². The first-order valence-corrected chi connectivity index (χ1v) is 10.2. The summed E-state index contributed by atoms with van der Waals surface area (Å²) in [5, 5.41) is 12.4. The van der Waals surface area contributed by atoms with Crippen LogP contribution in [0.1, 0.15) is 39.0 Å². The fourth-order valence-corrected chi connectivity index (χ4v) is 5.19. The summed E-state index contributed by atoms with van der Waals surface area (Å²) in [6, 6.07) is 2.87. The number of nitrogens with zero attached hydrogens (tertiary/aromatic N) is 5. The Morgan fingerprint density at radius 3 is 2.83 bits per heavy atom. The number of hydrogen-bond acceptors (Lipinski definition) is 6. The van der Waals surface area contributed by atoms with Crippen LogP contribution < -0.4 is 10.2 Å². The lowest BCUT2D eigenvalue weighted by atomic mass is 9.91. The number of anilines is 1. The average Bonchev–Trinajstić information content (AvgIpc) is 3.22. The third kappa shape index (κ3) is 4.04. The predicted molar refractivity (Wildman–Crippen MR) is 102 cm³/mol. The second-order valence-electron chi connectivity index (χ2n) is 8.76. The molecule has 9 heteroatoms. The third-order valence-electron chi connectivity index (χ3n) is 6.51. The number of piperidine rings is 1. The van der Waals surface area contributed by atoms with E-state index in [0.29, 0.717) is 12.0 Å². The highest BCUT2D eigenvalue weighted by molar-refractivity contribution is 5.79. The molecule has 3 aliphatic rings. The number of aromatic nitrogens is 2. The van der Waals surface area contributed by atoms with Crippen LogP contribution in [0.25, 0.3) is 0 Å². The van der Waals surface area contributed by atoms with Crippen molar-refractivity contribution in [3.63, 3.8) is 0 Å². The molecule has 1 amide bonds. The van der Waals surface area contributed by atoms with Crippen molar-refractivity contribution in [2.75, 3.05) is 24.5 Å². The maximum atomic E-state index is 13.6. The third-order valence-corrected chi connectivity index (χ3v) is 6.51. The molecule has 2 saturated heterocycles. The molecule has 0 spiro atoms. The highest BCUT2D eigenvalue weighted by atomic mass is 19.3. The summed E-state index contributed by atoms with van der Waals surface area (Å²) in [6.45, 7) is 2.29. The van der Waals surface area contributed by atoms with Crippen molar-refractivity contribution in [2.24, 2.45) is 5.92 Å². The van der Waals surface area contributed by atoms with Gasteiger partial charge in [0.05, 0.1) is 19.2 Å². The van der Waals surface area contributed by atoms with Crippen LogP contribution in [0, 0.1) is 17.2 Å². The summed E-state index contributed by atoms with van der Waals surface area (Å²) in [5.41, 5.74) is -0.271. The Kier molecular flexibility index (Phi) is 5.15. The van der Waals surface area contributed by atoms with Crippen molar-refractivity contribution in [1.82, 2.24) is 20.2 Å². The van der Waals surface area contributed by atoms with Gasteiger partial charge in [0.25, 0.3) is 5.92 Å². The van der Waals surface area contributed by atoms with Gasteiger partial charge in [0.1, 0.15) is 6.04 Å². The molecule has 3 fully saturated rings. The number of rotatable bonds is 4. The molecule has 1 aliphatic carbocycles. The number of fused-ring (bicyclic) bond motifs is 1. The summed E-state index contributed by atoms with van der Waals surface area (Å²) >= 11 is 0. The van der Waals surface area contributed by atoms with E-state index in [9.17, 15) is 13.6 Å². The van der Waals surface area contributed by atoms with Gasteiger partial charge in [-0.15, -0.1) is 0 Å². The Morgan fingerprint density at radius 2 is 2.10 bits per heavy atom. The van der Waals surface area contributed by atoms with Crippen molar-refractivity contribution in [2.45, 2.75) is 62.6 Å². The van der Waals surface area contributed by atoms with Gasteiger partial charge in [-0.3, -0.25) is 4.79 Å². The molecule has 4 atom stereocenters. The number of hydrogen-bond donors (Lipinski definition) is 1. The van der Waals surface area contributed by atoms with Crippen molar-refractivity contribution < 1.29 is 13.6 Å². The zero-order valence-electron chi connectivity index (χ0n) is 16.5. The minimum Gasteiger partial charge on any atom is -0.337 e. The molecule has 2 aliphatic heterocycles. The van der Waals surface area contributed by atoms with E-state index in [1.165, 1.54) is 0 Å². The van der Waals surface area contributed by atoms with Gasteiger partial charge in [-0.25, -0.2) is 18.7 Å². The van der Waals surface area contributed by atoms with E-state index in [1.807, 2.05) is 6.07 Å². The molecule has 0 bridgehead atoms. The van der Waals surface area contributed by atoms with Crippen molar-refractivity contribution in [1.29, 1.82) is 5.26 Å². The monoisotopic (exact) mass is 404 g/mol. The molecule has 0 radical (unpaired) electrons. The van der Waals surface area contributed by atoms with E-state index in [2.05, 4.69) is 27.1 Å². The summed E-state index contributed by atoms with van der Waals surface area (Å²) in [7, 11) is 0. The Bertz CT molecular complexity index is 800. The summed E-state index contributed by atoms with van der Waals surface area (Å²) < 4.78 is 27.3. The Morgan fingerprint density at radius 1 is 1.34 bits per heavy atom. The molecule has 4 rings (SSSR count). The van der Waals surface area contributed by atoms with Crippen molar-refractivity contribution >= 4 is 11.9 Å².